The number of nitrogen functional groups attached to an aromatic ring is 1. The van der Waals surface area contributed by atoms with Gasteiger partial charge >= 0.3 is 0 Å². The first-order valence-corrected chi connectivity index (χ1v) is 7.27. The lowest BCUT2D eigenvalue weighted by atomic mass is 10.3. The predicted octanol–water partition coefficient (Wildman–Crippen LogP) is -0.0524. The lowest BCUT2D eigenvalue weighted by molar-refractivity contribution is -0.385. The molecule has 0 amide bonds. The van der Waals surface area contributed by atoms with Gasteiger partial charge in [0.25, 0.3) is 5.69 Å². The minimum Gasteiger partial charge on any atom is -0.380 e. The minimum atomic E-state index is -3.92. The van der Waals surface area contributed by atoms with Crippen molar-refractivity contribution in [3.05, 3.63) is 28.3 Å². The summed E-state index contributed by atoms with van der Waals surface area (Å²) in [5.41, 5.74) is 1.98. The zero-order chi connectivity index (χ0) is 14.8. The van der Waals surface area contributed by atoms with Crippen molar-refractivity contribution in [3.8, 4) is 0 Å². The Bertz CT molecular complexity index is 612. The number of nitro groups is 1. The number of nitrogens with one attached hydrogen (secondary N) is 2. The number of hydrogen-bond acceptors (Lipinski definition) is 7. The quantitative estimate of drug-likeness (QED) is 0.394. The number of nitro benzene ring substituents is 1. The maximum Gasteiger partial charge on any atom is 0.270 e. The number of non-ortho nitro benzene ring substituents is 1. The van der Waals surface area contributed by atoms with Crippen molar-refractivity contribution in [1.29, 1.82) is 0 Å². The highest BCUT2D eigenvalue weighted by Gasteiger charge is 2.27. The van der Waals surface area contributed by atoms with Gasteiger partial charge in [-0.2, -0.15) is 0 Å². The van der Waals surface area contributed by atoms with Gasteiger partial charge in [-0.15, -0.1) is 0 Å². The molecule has 20 heavy (non-hydrogen) atoms. The maximum atomic E-state index is 12.3. The number of benzene rings is 1. The second-order valence-electron chi connectivity index (χ2n) is 4.26. The van der Waals surface area contributed by atoms with Crippen LogP contribution in [0.4, 0.5) is 11.4 Å². The number of hydrogen-bond donors (Lipinski definition) is 3. The Morgan fingerprint density at radius 3 is 2.75 bits per heavy atom. The van der Waals surface area contributed by atoms with Gasteiger partial charge in [0, 0.05) is 24.8 Å². The van der Waals surface area contributed by atoms with Gasteiger partial charge in [0.2, 0.25) is 10.0 Å². The molecule has 0 radical (unpaired) electrons. The number of nitrogens with zero attached hydrogens (tertiary/aromatic N) is 1. The Labute approximate surface area is 115 Å². The summed E-state index contributed by atoms with van der Waals surface area (Å²) in [4.78, 5) is 9.81. The van der Waals surface area contributed by atoms with Gasteiger partial charge in [0.1, 0.15) is 4.90 Å². The van der Waals surface area contributed by atoms with E-state index < -0.39 is 14.9 Å². The van der Waals surface area contributed by atoms with Gasteiger partial charge in [0.15, 0.2) is 0 Å². The van der Waals surface area contributed by atoms with E-state index in [9.17, 15) is 18.5 Å². The average molecular weight is 302 g/mol. The van der Waals surface area contributed by atoms with Crippen molar-refractivity contribution in [2.45, 2.75) is 17.4 Å². The molecule has 1 aromatic rings. The van der Waals surface area contributed by atoms with E-state index in [2.05, 4.69) is 10.1 Å². The molecule has 1 heterocycles. The second kappa shape index (κ2) is 5.71. The fraction of sp³-hybridized carbons (Fsp3) is 0.400. The van der Waals surface area contributed by atoms with E-state index in [1.165, 1.54) is 12.1 Å². The van der Waals surface area contributed by atoms with Crippen LogP contribution >= 0.6 is 0 Å². The van der Waals surface area contributed by atoms with Gasteiger partial charge in [0.05, 0.1) is 17.2 Å². The molecule has 1 aromatic carbocycles. The molecule has 1 aliphatic heterocycles. The van der Waals surface area contributed by atoms with Crippen LogP contribution in [0.1, 0.15) is 6.42 Å². The Morgan fingerprint density at radius 2 is 2.20 bits per heavy atom. The van der Waals surface area contributed by atoms with Gasteiger partial charge in [-0.1, -0.05) is 0 Å². The average Bonchev–Trinajstić information content (AvgIpc) is 2.90. The van der Waals surface area contributed by atoms with E-state index in [0.29, 0.717) is 13.0 Å². The van der Waals surface area contributed by atoms with E-state index in [-0.39, 0.29) is 28.9 Å². The standard InChI is InChI=1S/C10H14N4O5S/c11-12-9-2-1-8(14(15)16)5-10(9)20(17,18)13-7-3-4-19-6-7/h1-2,5,7,12-13H,3-4,6,11H2. The lowest BCUT2D eigenvalue weighted by Gasteiger charge is -2.14. The van der Waals surface area contributed by atoms with E-state index in [1.807, 2.05) is 0 Å². The van der Waals surface area contributed by atoms with Crippen LogP contribution in [0.5, 0.6) is 0 Å². The number of ether oxygens (including phenoxy) is 1. The van der Waals surface area contributed by atoms with E-state index >= 15 is 0 Å². The zero-order valence-electron chi connectivity index (χ0n) is 10.4. The van der Waals surface area contributed by atoms with Crippen molar-refractivity contribution >= 4 is 21.4 Å². The molecule has 1 atom stereocenters. The highest BCUT2D eigenvalue weighted by molar-refractivity contribution is 7.89. The molecular weight excluding hydrogens is 288 g/mol. The summed E-state index contributed by atoms with van der Waals surface area (Å²) in [5, 5.41) is 10.7. The monoisotopic (exact) mass is 302 g/mol. The van der Waals surface area contributed by atoms with Gasteiger partial charge in [-0.3, -0.25) is 16.0 Å². The first-order valence-electron chi connectivity index (χ1n) is 5.79. The molecule has 0 saturated carbocycles. The number of hydrazine groups is 1. The molecule has 110 valence electrons. The third kappa shape index (κ3) is 3.04. The molecule has 1 saturated heterocycles. The molecule has 2 rings (SSSR count). The molecule has 1 fully saturated rings. The molecule has 0 spiro atoms. The van der Waals surface area contributed by atoms with Crippen molar-refractivity contribution in [2.75, 3.05) is 18.6 Å². The molecule has 9 nitrogen and oxygen atoms in total. The Morgan fingerprint density at radius 1 is 1.45 bits per heavy atom. The molecule has 0 aliphatic carbocycles. The number of sulfonamides is 1. The summed E-state index contributed by atoms with van der Waals surface area (Å²) in [5.74, 6) is 5.24. The summed E-state index contributed by atoms with van der Waals surface area (Å²) in [6, 6.07) is 3.04. The Hall–Kier alpha value is -1.75. The first kappa shape index (κ1) is 14.7. The van der Waals surface area contributed by atoms with E-state index in [1.54, 1.807) is 0 Å². The predicted molar refractivity (Wildman–Crippen MR) is 70.5 cm³/mol. The molecule has 4 N–H and O–H groups in total. The molecule has 10 heteroatoms. The topological polar surface area (TPSA) is 137 Å². The van der Waals surface area contributed by atoms with Crippen molar-refractivity contribution in [1.82, 2.24) is 4.72 Å². The number of rotatable bonds is 5. The second-order valence-corrected chi connectivity index (χ2v) is 5.95. The summed E-state index contributed by atoms with van der Waals surface area (Å²) >= 11 is 0. The van der Waals surface area contributed by atoms with Crippen LogP contribution in [-0.2, 0) is 14.8 Å². The summed E-state index contributed by atoms with van der Waals surface area (Å²) in [6.07, 6.45) is 0.555. The lowest BCUT2D eigenvalue weighted by Crippen LogP contribution is -2.35. The SMILES string of the molecule is NNc1ccc([N+](=O)[O-])cc1S(=O)(=O)NC1CCOC1. The Kier molecular flexibility index (Phi) is 4.18. The van der Waals surface area contributed by atoms with Crippen LogP contribution in [0, 0.1) is 10.1 Å². The van der Waals surface area contributed by atoms with E-state index in [0.717, 1.165) is 6.07 Å². The normalized spacial score (nSPS) is 18.9. The third-order valence-corrected chi connectivity index (χ3v) is 4.43. The summed E-state index contributed by atoms with van der Waals surface area (Å²) in [6.45, 7) is 0.754. The molecular formula is C10H14N4O5S. The van der Waals surface area contributed by atoms with Crippen LogP contribution in [0.3, 0.4) is 0 Å². The molecule has 1 unspecified atom stereocenters. The highest BCUT2D eigenvalue weighted by atomic mass is 32.2. The van der Waals surface area contributed by atoms with Gasteiger partial charge < -0.3 is 10.2 Å². The smallest absolute Gasteiger partial charge is 0.270 e. The molecule has 0 bridgehead atoms. The van der Waals surface area contributed by atoms with Crippen LogP contribution in [0.25, 0.3) is 0 Å². The maximum absolute atomic E-state index is 12.3. The fourth-order valence-electron chi connectivity index (χ4n) is 1.88. The van der Waals surface area contributed by atoms with Gasteiger partial charge in [-0.05, 0) is 12.5 Å². The fourth-order valence-corrected chi connectivity index (χ4v) is 3.32. The number of anilines is 1. The van der Waals surface area contributed by atoms with Crippen LogP contribution in [0.2, 0.25) is 0 Å². The van der Waals surface area contributed by atoms with Crippen molar-refractivity contribution in [3.63, 3.8) is 0 Å². The largest absolute Gasteiger partial charge is 0.380 e. The zero-order valence-corrected chi connectivity index (χ0v) is 11.2. The summed E-state index contributed by atoms with van der Waals surface area (Å²) < 4.78 is 32.0. The minimum absolute atomic E-state index is 0.0852. The van der Waals surface area contributed by atoms with Crippen molar-refractivity contribution < 1.29 is 18.1 Å². The van der Waals surface area contributed by atoms with E-state index in [4.69, 9.17) is 10.6 Å². The first-order chi connectivity index (χ1) is 9.44. The van der Waals surface area contributed by atoms with Crippen LogP contribution < -0.4 is 16.0 Å². The van der Waals surface area contributed by atoms with Gasteiger partial charge in [-0.25, -0.2) is 13.1 Å². The van der Waals surface area contributed by atoms with Crippen molar-refractivity contribution in [2.24, 2.45) is 5.84 Å². The van der Waals surface area contributed by atoms with Crippen LogP contribution in [0.15, 0.2) is 23.1 Å². The molecule has 1 aliphatic rings. The van der Waals surface area contributed by atoms with Crippen LogP contribution in [-0.4, -0.2) is 32.6 Å². The Balaban J connectivity index is 2.37. The molecule has 0 aromatic heterocycles. The summed E-state index contributed by atoms with van der Waals surface area (Å²) in [7, 11) is -3.92. The third-order valence-electron chi connectivity index (χ3n) is 2.87. The number of nitrogens with two attached hydrogens (primary N) is 1. The highest BCUT2D eigenvalue weighted by Crippen LogP contribution is 2.26.